The highest BCUT2D eigenvalue weighted by molar-refractivity contribution is 7.81. The molecule has 37 heavy (non-hydrogen) atoms. The number of pyridine rings is 1. The number of halogens is 3. The van der Waals surface area contributed by atoms with Crippen molar-refractivity contribution in [2.45, 2.75) is 31.9 Å². The first kappa shape index (κ1) is 27.0. The summed E-state index contributed by atoms with van der Waals surface area (Å²) < 4.78 is 40.5. The molecule has 0 N–H and O–H groups in total. The number of rotatable bonds is 6. The minimum Gasteiger partial charge on any atom is -0.318 e. The van der Waals surface area contributed by atoms with E-state index >= 15 is 0 Å². The van der Waals surface area contributed by atoms with Gasteiger partial charge in [-0.1, -0.05) is 12.1 Å². The molecule has 3 heterocycles. The number of hydrogen-bond acceptors (Lipinski definition) is 6. The van der Waals surface area contributed by atoms with Crippen molar-refractivity contribution in [1.29, 1.82) is 5.26 Å². The molecular weight excluding hydrogens is 501 g/mol. The first-order valence-corrected chi connectivity index (χ1v) is 12.7. The summed E-state index contributed by atoms with van der Waals surface area (Å²) in [6.07, 6.45) is -1.07. The van der Waals surface area contributed by atoms with Crippen LogP contribution in [0.5, 0.6) is 0 Å². The van der Waals surface area contributed by atoms with Crippen LogP contribution in [0.2, 0.25) is 0 Å². The number of amides is 1. The monoisotopic (exact) mass is 530 g/mol. The normalized spacial score (nSPS) is 18.1. The van der Waals surface area contributed by atoms with Crippen molar-refractivity contribution in [3.63, 3.8) is 0 Å². The molecular formula is C26H29F3N6OS. The Morgan fingerprint density at radius 3 is 2.43 bits per heavy atom. The number of hydrogen-bond donors (Lipinski definition) is 0. The second-order valence-electron chi connectivity index (χ2n) is 9.38. The van der Waals surface area contributed by atoms with Crippen LogP contribution in [-0.4, -0.2) is 72.1 Å². The number of carbonyl (C=O) groups excluding carboxylic acids is 1. The van der Waals surface area contributed by atoms with E-state index in [2.05, 4.69) is 21.8 Å². The molecule has 2 fully saturated rings. The number of alkyl halides is 3. The lowest BCUT2D eigenvalue weighted by Crippen LogP contribution is -2.44. The van der Waals surface area contributed by atoms with Gasteiger partial charge in [-0.05, 0) is 68.8 Å². The summed E-state index contributed by atoms with van der Waals surface area (Å²) in [4.78, 5) is 24.2. The number of carbonyl (C=O) groups is 1. The third kappa shape index (κ3) is 6.44. The van der Waals surface area contributed by atoms with Gasteiger partial charge in [0, 0.05) is 44.8 Å². The van der Waals surface area contributed by atoms with E-state index in [1.54, 1.807) is 4.90 Å². The average Bonchev–Trinajstić information content (AvgIpc) is 3.02. The van der Waals surface area contributed by atoms with Crippen LogP contribution in [0.25, 0.3) is 0 Å². The van der Waals surface area contributed by atoms with Crippen LogP contribution in [-0.2, 0) is 17.4 Å². The summed E-state index contributed by atoms with van der Waals surface area (Å²) in [5, 5.41) is 9.13. The molecule has 11 heteroatoms. The molecule has 1 amide bonds. The highest BCUT2D eigenvalue weighted by atomic mass is 32.1. The maximum absolute atomic E-state index is 13.5. The molecule has 196 valence electrons. The maximum atomic E-state index is 13.5. The molecule has 0 spiro atoms. The average molecular weight is 531 g/mol. The molecule has 0 atom stereocenters. The Hall–Kier alpha value is -3.07. The van der Waals surface area contributed by atoms with Gasteiger partial charge in [-0.25, -0.2) is 4.98 Å². The van der Waals surface area contributed by atoms with Gasteiger partial charge in [0.15, 0.2) is 10.8 Å². The smallest absolute Gasteiger partial charge is 0.318 e. The molecule has 2 aliphatic heterocycles. The largest absolute Gasteiger partial charge is 0.419 e. The topological polar surface area (TPSA) is 66.7 Å². The molecule has 1 aromatic carbocycles. The fraction of sp³-hybridized carbons (Fsp3) is 0.462. The lowest BCUT2D eigenvalue weighted by Gasteiger charge is -2.32. The zero-order chi connectivity index (χ0) is 26.6. The van der Waals surface area contributed by atoms with Crippen molar-refractivity contribution in [3.05, 3.63) is 53.3 Å². The van der Waals surface area contributed by atoms with E-state index in [9.17, 15) is 18.0 Å². The van der Waals surface area contributed by atoms with Crippen molar-refractivity contribution in [2.24, 2.45) is 0 Å². The second kappa shape index (κ2) is 11.5. The molecule has 0 aliphatic carbocycles. The molecule has 7 nitrogen and oxygen atoms in total. The van der Waals surface area contributed by atoms with Gasteiger partial charge in [-0.15, -0.1) is 0 Å². The summed E-state index contributed by atoms with van der Waals surface area (Å²) in [6, 6.07) is 10.2. The highest BCUT2D eigenvalue weighted by Gasteiger charge is 2.37. The molecule has 1 aromatic heterocycles. The Morgan fingerprint density at radius 1 is 1.08 bits per heavy atom. The number of benzene rings is 1. The number of thiocarbonyl (C=S) groups is 1. The van der Waals surface area contributed by atoms with Crippen LogP contribution < -0.4 is 9.80 Å². The van der Waals surface area contributed by atoms with Crippen LogP contribution in [0, 0.1) is 11.3 Å². The third-order valence-electron chi connectivity index (χ3n) is 6.77. The van der Waals surface area contributed by atoms with Crippen molar-refractivity contribution in [2.75, 3.05) is 56.1 Å². The number of anilines is 2. The lowest BCUT2D eigenvalue weighted by atomic mass is 10.1. The fourth-order valence-corrected chi connectivity index (χ4v) is 5.02. The van der Waals surface area contributed by atoms with Gasteiger partial charge in [-0.3, -0.25) is 9.69 Å². The maximum Gasteiger partial charge on any atom is 0.419 e. The summed E-state index contributed by atoms with van der Waals surface area (Å²) in [5.74, 6) is -0.410. The SMILES string of the molecule is CN1CCN(CCCc2ccc(N3CCCC(=O)N(c4cnc(C#N)c(C(F)(F)F)c4)C3=S)cc2)CC1. The van der Waals surface area contributed by atoms with E-state index in [0.717, 1.165) is 68.4 Å². The molecule has 0 saturated carbocycles. The fourth-order valence-electron chi connectivity index (χ4n) is 4.62. The first-order valence-electron chi connectivity index (χ1n) is 12.3. The van der Waals surface area contributed by atoms with E-state index in [4.69, 9.17) is 17.5 Å². The minimum absolute atomic E-state index is 0.0879. The van der Waals surface area contributed by atoms with Gasteiger partial charge in [-0.2, -0.15) is 18.4 Å². The van der Waals surface area contributed by atoms with Crippen LogP contribution in [0.1, 0.15) is 36.1 Å². The molecule has 2 aliphatic rings. The molecule has 2 aromatic rings. The van der Waals surface area contributed by atoms with Crippen molar-refractivity contribution in [1.82, 2.24) is 14.8 Å². The molecule has 0 radical (unpaired) electrons. The number of nitrogens with zero attached hydrogens (tertiary/aromatic N) is 6. The second-order valence-corrected chi connectivity index (χ2v) is 9.75. The third-order valence-corrected chi connectivity index (χ3v) is 7.17. The number of piperazine rings is 1. The van der Waals surface area contributed by atoms with Crippen LogP contribution in [0.3, 0.4) is 0 Å². The quantitative estimate of drug-likeness (QED) is 0.522. The Balaban J connectivity index is 1.47. The van der Waals surface area contributed by atoms with Gasteiger partial charge < -0.3 is 14.7 Å². The van der Waals surface area contributed by atoms with E-state index in [1.165, 1.54) is 11.6 Å². The van der Waals surface area contributed by atoms with E-state index in [0.29, 0.717) is 13.0 Å². The Kier molecular flexibility index (Phi) is 8.42. The number of likely N-dealkylation sites (N-methyl/N-ethyl adjacent to an activating group) is 1. The van der Waals surface area contributed by atoms with Gasteiger partial charge in [0.1, 0.15) is 6.07 Å². The summed E-state index contributed by atoms with van der Waals surface area (Å²) in [5.41, 5.74) is -0.0825. The van der Waals surface area contributed by atoms with Gasteiger partial charge in [0.05, 0.1) is 17.4 Å². The standard InChI is InChI=1S/C26H29F3N6OS/c1-32-12-14-33(15-13-32)10-2-4-19-6-8-20(9-7-19)34-11-3-5-24(36)35(25(34)37)21-16-22(26(27,28)29)23(17-30)31-18-21/h6-9,16,18H,2-5,10-15H2,1H3. The van der Waals surface area contributed by atoms with E-state index < -0.39 is 23.3 Å². The zero-order valence-corrected chi connectivity index (χ0v) is 21.5. The number of aromatic nitrogens is 1. The number of aryl methyl sites for hydroxylation is 1. The van der Waals surface area contributed by atoms with E-state index in [1.807, 2.05) is 24.3 Å². The van der Waals surface area contributed by atoms with Crippen molar-refractivity contribution in [3.8, 4) is 6.07 Å². The van der Waals surface area contributed by atoms with Crippen molar-refractivity contribution >= 4 is 34.6 Å². The van der Waals surface area contributed by atoms with Crippen LogP contribution in [0.15, 0.2) is 36.5 Å². The first-order chi connectivity index (χ1) is 17.7. The van der Waals surface area contributed by atoms with Gasteiger partial charge in [0.25, 0.3) is 0 Å². The molecule has 2 saturated heterocycles. The predicted molar refractivity (Wildman–Crippen MR) is 139 cm³/mol. The number of nitriles is 1. The molecule has 0 unspecified atom stereocenters. The minimum atomic E-state index is -4.79. The summed E-state index contributed by atoms with van der Waals surface area (Å²) >= 11 is 5.61. The van der Waals surface area contributed by atoms with Crippen molar-refractivity contribution < 1.29 is 18.0 Å². The Labute approximate surface area is 220 Å². The summed E-state index contributed by atoms with van der Waals surface area (Å²) in [6.45, 7) is 5.90. The lowest BCUT2D eigenvalue weighted by molar-refractivity contribution is -0.138. The zero-order valence-electron chi connectivity index (χ0n) is 20.7. The van der Waals surface area contributed by atoms with Crippen LogP contribution in [0.4, 0.5) is 24.5 Å². The van der Waals surface area contributed by atoms with Gasteiger partial charge in [0.2, 0.25) is 5.91 Å². The van der Waals surface area contributed by atoms with E-state index in [-0.39, 0.29) is 17.2 Å². The Morgan fingerprint density at radius 2 is 1.78 bits per heavy atom. The summed E-state index contributed by atoms with van der Waals surface area (Å²) in [7, 11) is 2.14. The van der Waals surface area contributed by atoms with Gasteiger partial charge >= 0.3 is 6.18 Å². The molecule has 4 rings (SSSR count). The Bertz CT molecular complexity index is 1170. The van der Waals surface area contributed by atoms with Crippen LogP contribution >= 0.6 is 12.2 Å². The predicted octanol–water partition coefficient (Wildman–Crippen LogP) is 4.07. The highest BCUT2D eigenvalue weighted by Crippen LogP contribution is 2.34. The molecule has 0 bridgehead atoms.